The molecule has 116 valence electrons. The van der Waals surface area contributed by atoms with Gasteiger partial charge in [0.15, 0.2) is 0 Å². The fourth-order valence-electron chi connectivity index (χ4n) is 3.37. The molecule has 21 heavy (non-hydrogen) atoms. The predicted molar refractivity (Wildman–Crippen MR) is 85.6 cm³/mol. The van der Waals surface area contributed by atoms with Gasteiger partial charge >= 0.3 is 5.97 Å². The van der Waals surface area contributed by atoms with Gasteiger partial charge in [-0.1, -0.05) is 23.8 Å². The van der Waals surface area contributed by atoms with Crippen LogP contribution in [0.1, 0.15) is 49.3 Å². The van der Waals surface area contributed by atoms with E-state index in [-0.39, 0.29) is 5.92 Å². The van der Waals surface area contributed by atoms with Gasteiger partial charge in [0.1, 0.15) is 0 Å². The molecule has 1 aliphatic carbocycles. The number of rotatable bonds is 5. The molecule has 0 heterocycles. The summed E-state index contributed by atoms with van der Waals surface area (Å²) in [6.45, 7) is 6.52. The summed E-state index contributed by atoms with van der Waals surface area (Å²) in [5.74, 6) is -0.755. The van der Waals surface area contributed by atoms with Gasteiger partial charge in [-0.2, -0.15) is 0 Å². The second kappa shape index (κ2) is 7.08. The molecule has 0 aromatic heterocycles. The zero-order valence-electron chi connectivity index (χ0n) is 13.4. The van der Waals surface area contributed by atoms with Crippen LogP contribution in [0.25, 0.3) is 0 Å². The van der Waals surface area contributed by atoms with Crippen molar-refractivity contribution in [3.8, 4) is 0 Å². The molecule has 1 aromatic carbocycles. The summed E-state index contributed by atoms with van der Waals surface area (Å²) in [5, 5.41) is 12.7. The van der Waals surface area contributed by atoms with Crippen LogP contribution < -0.4 is 5.32 Å². The molecule has 2 N–H and O–H groups in total. The molecule has 1 atom stereocenters. The highest BCUT2D eigenvalue weighted by Crippen LogP contribution is 2.25. The SMILES string of the molecule is Cc1ccc(CC(C)NC2CCC(C(=O)O)CC2)c(C)c1. The number of carboxylic acids is 1. The van der Waals surface area contributed by atoms with E-state index in [1.807, 2.05) is 0 Å². The first-order chi connectivity index (χ1) is 9.95. The molecule has 1 unspecified atom stereocenters. The maximum Gasteiger partial charge on any atom is 0.306 e. The number of aryl methyl sites for hydroxylation is 2. The minimum atomic E-state index is -0.628. The lowest BCUT2D eigenvalue weighted by Gasteiger charge is -2.29. The lowest BCUT2D eigenvalue weighted by atomic mass is 9.85. The maximum atomic E-state index is 11.0. The highest BCUT2D eigenvalue weighted by molar-refractivity contribution is 5.70. The molecule has 0 amide bonds. The van der Waals surface area contributed by atoms with Crippen LogP contribution >= 0.6 is 0 Å². The van der Waals surface area contributed by atoms with Crippen molar-refractivity contribution >= 4 is 5.97 Å². The third-order valence-electron chi connectivity index (χ3n) is 4.62. The van der Waals surface area contributed by atoms with Crippen molar-refractivity contribution in [3.05, 3.63) is 34.9 Å². The van der Waals surface area contributed by atoms with Gasteiger partial charge in [0, 0.05) is 12.1 Å². The summed E-state index contributed by atoms with van der Waals surface area (Å²) in [5.41, 5.74) is 4.07. The van der Waals surface area contributed by atoms with Crippen LogP contribution in [0.2, 0.25) is 0 Å². The van der Waals surface area contributed by atoms with Crippen molar-refractivity contribution in [2.45, 2.75) is 65.0 Å². The number of benzene rings is 1. The van der Waals surface area contributed by atoms with Crippen molar-refractivity contribution in [2.24, 2.45) is 5.92 Å². The van der Waals surface area contributed by atoms with Gasteiger partial charge in [-0.3, -0.25) is 4.79 Å². The van der Waals surface area contributed by atoms with Crippen molar-refractivity contribution in [1.82, 2.24) is 5.32 Å². The van der Waals surface area contributed by atoms with Crippen LogP contribution in [0.4, 0.5) is 0 Å². The summed E-state index contributed by atoms with van der Waals surface area (Å²) < 4.78 is 0. The molecule has 3 heteroatoms. The normalized spacial score (nSPS) is 23.8. The number of nitrogens with one attached hydrogen (secondary N) is 1. The van der Waals surface area contributed by atoms with Crippen molar-refractivity contribution in [2.75, 3.05) is 0 Å². The van der Waals surface area contributed by atoms with E-state index in [1.54, 1.807) is 0 Å². The number of hydrogen-bond donors (Lipinski definition) is 2. The fourth-order valence-corrected chi connectivity index (χ4v) is 3.37. The van der Waals surface area contributed by atoms with Gasteiger partial charge in [0.05, 0.1) is 5.92 Å². The Kier molecular flexibility index (Phi) is 5.40. The summed E-state index contributed by atoms with van der Waals surface area (Å²) in [6.07, 6.45) is 4.61. The van der Waals surface area contributed by atoms with Crippen LogP contribution in [0, 0.1) is 19.8 Å². The molecule has 0 bridgehead atoms. The monoisotopic (exact) mass is 289 g/mol. The molecule has 1 saturated carbocycles. The van der Waals surface area contributed by atoms with Gasteiger partial charge in [-0.25, -0.2) is 0 Å². The second-order valence-corrected chi connectivity index (χ2v) is 6.59. The number of carbonyl (C=O) groups is 1. The van der Waals surface area contributed by atoms with E-state index < -0.39 is 5.97 Å². The van der Waals surface area contributed by atoms with E-state index in [0.717, 1.165) is 32.1 Å². The first-order valence-electron chi connectivity index (χ1n) is 8.00. The molecule has 3 nitrogen and oxygen atoms in total. The molecular formula is C18H27NO2. The number of aliphatic carboxylic acids is 1. The van der Waals surface area contributed by atoms with Gasteiger partial charge in [0.25, 0.3) is 0 Å². The molecule has 1 aromatic rings. The van der Waals surface area contributed by atoms with E-state index >= 15 is 0 Å². The summed E-state index contributed by atoms with van der Waals surface area (Å²) >= 11 is 0. The quantitative estimate of drug-likeness (QED) is 0.872. The Labute approximate surface area is 127 Å². The number of carboxylic acid groups (broad SMARTS) is 1. The van der Waals surface area contributed by atoms with Crippen molar-refractivity contribution in [3.63, 3.8) is 0 Å². The van der Waals surface area contributed by atoms with Crippen LogP contribution in [0.5, 0.6) is 0 Å². The maximum absolute atomic E-state index is 11.0. The minimum absolute atomic E-state index is 0.127. The predicted octanol–water partition coefficient (Wildman–Crippen LogP) is 3.47. The molecule has 1 fully saturated rings. The Hall–Kier alpha value is -1.35. The molecule has 0 spiro atoms. The van der Waals surface area contributed by atoms with E-state index in [1.165, 1.54) is 16.7 Å². The van der Waals surface area contributed by atoms with Crippen molar-refractivity contribution in [1.29, 1.82) is 0 Å². The van der Waals surface area contributed by atoms with E-state index in [0.29, 0.717) is 12.1 Å². The van der Waals surface area contributed by atoms with E-state index in [4.69, 9.17) is 5.11 Å². The summed E-state index contributed by atoms with van der Waals surface area (Å²) in [7, 11) is 0. The zero-order chi connectivity index (χ0) is 15.4. The summed E-state index contributed by atoms with van der Waals surface area (Å²) in [4.78, 5) is 11.0. The Morgan fingerprint density at radius 3 is 2.52 bits per heavy atom. The van der Waals surface area contributed by atoms with Crippen LogP contribution in [0.15, 0.2) is 18.2 Å². The second-order valence-electron chi connectivity index (χ2n) is 6.59. The first-order valence-corrected chi connectivity index (χ1v) is 8.00. The third kappa shape index (κ3) is 4.57. The topological polar surface area (TPSA) is 49.3 Å². The molecule has 1 aliphatic rings. The Morgan fingerprint density at radius 2 is 1.95 bits per heavy atom. The first kappa shape index (κ1) is 16.0. The minimum Gasteiger partial charge on any atom is -0.481 e. The highest BCUT2D eigenvalue weighted by Gasteiger charge is 2.26. The van der Waals surface area contributed by atoms with Gasteiger partial charge < -0.3 is 10.4 Å². The summed E-state index contributed by atoms with van der Waals surface area (Å²) in [6, 6.07) is 7.54. The molecular weight excluding hydrogens is 262 g/mol. The Morgan fingerprint density at radius 1 is 1.29 bits per heavy atom. The van der Waals surface area contributed by atoms with Crippen LogP contribution in [-0.2, 0) is 11.2 Å². The fraction of sp³-hybridized carbons (Fsp3) is 0.611. The van der Waals surface area contributed by atoms with E-state index in [2.05, 4.69) is 44.3 Å². The van der Waals surface area contributed by atoms with Gasteiger partial charge in [-0.15, -0.1) is 0 Å². The van der Waals surface area contributed by atoms with E-state index in [9.17, 15) is 4.79 Å². The lowest BCUT2D eigenvalue weighted by molar-refractivity contribution is -0.142. The Balaban J connectivity index is 1.82. The molecule has 2 rings (SSSR count). The average molecular weight is 289 g/mol. The lowest BCUT2D eigenvalue weighted by Crippen LogP contribution is -2.41. The Bertz CT molecular complexity index is 490. The van der Waals surface area contributed by atoms with Gasteiger partial charge in [0.2, 0.25) is 0 Å². The largest absolute Gasteiger partial charge is 0.481 e. The molecule has 0 aliphatic heterocycles. The van der Waals surface area contributed by atoms with Crippen LogP contribution in [0.3, 0.4) is 0 Å². The van der Waals surface area contributed by atoms with Crippen molar-refractivity contribution < 1.29 is 9.90 Å². The molecule has 0 radical (unpaired) electrons. The number of hydrogen-bond acceptors (Lipinski definition) is 2. The third-order valence-corrected chi connectivity index (χ3v) is 4.62. The standard InChI is InChI=1S/C18H27NO2/c1-12-4-5-16(13(2)10-12)11-14(3)19-17-8-6-15(7-9-17)18(20)21/h4-5,10,14-15,17,19H,6-9,11H2,1-3H3,(H,20,21). The molecule has 0 saturated heterocycles. The highest BCUT2D eigenvalue weighted by atomic mass is 16.4. The van der Waals surface area contributed by atoms with Gasteiger partial charge in [-0.05, 0) is 64.0 Å². The zero-order valence-corrected chi connectivity index (χ0v) is 13.4. The average Bonchev–Trinajstić information content (AvgIpc) is 2.42. The smallest absolute Gasteiger partial charge is 0.306 e. The van der Waals surface area contributed by atoms with Crippen LogP contribution in [-0.4, -0.2) is 23.2 Å².